The minimum absolute atomic E-state index is 0.0269. The number of aromatic nitrogens is 1. The molecule has 10 nitrogen and oxygen atoms in total. The van der Waals surface area contributed by atoms with Crippen LogP contribution in [0.25, 0.3) is 0 Å². The molecule has 0 spiro atoms. The van der Waals surface area contributed by atoms with E-state index in [4.69, 9.17) is 4.74 Å². The van der Waals surface area contributed by atoms with Crippen molar-refractivity contribution in [1.82, 2.24) is 15.2 Å². The number of benzene rings is 2. The maximum atomic E-state index is 13.5. The topological polar surface area (TPSA) is 138 Å². The summed E-state index contributed by atoms with van der Waals surface area (Å²) in [5.74, 6) is -2.73. The number of carbonyl (C=O) groups excluding carboxylic acids is 3. The average molecular weight is 579 g/mol. The molecule has 1 saturated heterocycles. The zero-order valence-electron chi connectivity index (χ0n) is 23.4. The van der Waals surface area contributed by atoms with E-state index in [-0.39, 0.29) is 12.8 Å². The summed E-state index contributed by atoms with van der Waals surface area (Å²) in [6.07, 6.45) is 1.44. The van der Waals surface area contributed by atoms with Gasteiger partial charge in [0.2, 0.25) is 5.91 Å². The highest BCUT2D eigenvalue weighted by Gasteiger charge is 2.67. The minimum Gasteiger partial charge on any atom is -0.479 e. The smallest absolute Gasteiger partial charge is 0.413 e. The molecule has 3 atom stereocenters. The predicted octanol–water partition coefficient (Wildman–Crippen LogP) is 5.42. The van der Waals surface area contributed by atoms with E-state index < -0.39 is 47.1 Å². The quantitative estimate of drug-likeness (QED) is 0.288. The molecule has 2 heterocycles. The number of imide groups is 1. The van der Waals surface area contributed by atoms with Crippen molar-refractivity contribution >= 4 is 40.5 Å². The highest BCUT2D eigenvalue weighted by Crippen LogP contribution is 2.44. The van der Waals surface area contributed by atoms with Gasteiger partial charge >= 0.3 is 18.1 Å². The van der Waals surface area contributed by atoms with Gasteiger partial charge in [0.25, 0.3) is 0 Å². The molecule has 0 aliphatic carbocycles. The first kappa shape index (κ1) is 29.7. The Morgan fingerprint density at radius 1 is 1.10 bits per heavy atom. The lowest BCUT2D eigenvalue weighted by Gasteiger charge is -2.53. The zero-order chi connectivity index (χ0) is 29.8. The molecule has 0 bridgehead atoms. The van der Waals surface area contributed by atoms with Crippen molar-refractivity contribution in [3.63, 3.8) is 0 Å². The summed E-state index contributed by atoms with van der Waals surface area (Å²) < 4.78 is 5.25. The third-order valence-corrected chi connectivity index (χ3v) is 7.84. The number of nitrogens with one attached hydrogen (secondary N) is 2. The van der Waals surface area contributed by atoms with Gasteiger partial charge < -0.3 is 15.2 Å². The molecule has 1 aromatic heterocycles. The average Bonchev–Trinajstić information content (AvgIpc) is 3.34. The first-order chi connectivity index (χ1) is 19.4. The number of carboxylic acids is 1. The SMILES string of the molecule is C[C@@H](NC(=O)N1C(=O)[C@H](CCc2cnc(NC(=O)OC(C)(C)C)s2)[C@@]1(Cc1ccccc1)C(=O)O)c1ccccc1. The molecule has 0 unspecified atom stereocenters. The number of carboxylic acid groups (broad SMARTS) is 1. The van der Waals surface area contributed by atoms with E-state index in [9.17, 15) is 24.3 Å². The summed E-state index contributed by atoms with van der Waals surface area (Å²) >= 11 is 1.22. The maximum Gasteiger partial charge on any atom is 0.413 e. The number of nitrogens with zero attached hydrogens (tertiary/aromatic N) is 2. The van der Waals surface area contributed by atoms with Crippen molar-refractivity contribution in [1.29, 1.82) is 0 Å². The molecule has 2 aromatic carbocycles. The number of hydrogen-bond acceptors (Lipinski definition) is 7. The molecule has 4 amide bonds. The fraction of sp³-hybridized carbons (Fsp3) is 0.367. The number of amides is 4. The monoisotopic (exact) mass is 578 g/mol. The molecule has 1 fully saturated rings. The largest absolute Gasteiger partial charge is 0.479 e. The number of thiazole rings is 1. The minimum atomic E-state index is -1.76. The van der Waals surface area contributed by atoms with Crippen LogP contribution < -0.4 is 10.6 Å². The van der Waals surface area contributed by atoms with E-state index in [1.165, 1.54) is 11.3 Å². The van der Waals surface area contributed by atoms with Gasteiger partial charge in [0.05, 0.1) is 12.0 Å². The van der Waals surface area contributed by atoms with Gasteiger partial charge in [-0.2, -0.15) is 0 Å². The molecule has 11 heteroatoms. The summed E-state index contributed by atoms with van der Waals surface area (Å²) in [6.45, 7) is 7.05. The molecule has 3 aromatic rings. The first-order valence-corrected chi connectivity index (χ1v) is 14.1. The number of urea groups is 1. The van der Waals surface area contributed by atoms with E-state index in [1.807, 2.05) is 36.4 Å². The van der Waals surface area contributed by atoms with E-state index in [1.54, 1.807) is 58.2 Å². The van der Waals surface area contributed by atoms with Crippen molar-refractivity contribution in [2.45, 2.75) is 64.1 Å². The zero-order valence-corrected chi connectivity index (χ0v) is 24.2. The van der Waals surface area contributed by atoms with Crippen LogP contribution in [-0.4, -0.2) is 50.1 Å². The van der Waals surface area contributed by atoms with Crippen LogP contribution in [-0.2, 0) is 27.2 Å². The predicted molar refractivity (Wildman–Crippen MR) is 155 cm³/mol. The third-order valence-electron chi connectivity index (χ3n) is 6.86. The molecule has 216 valence electrons. The van der Waals surface area contributed by atoms with E-state index in [2.05, 4.69) is 15.6 Å². The van der Waals surface area contributed by atoms with Crippen LogP contribution in [0.3, 0.4) is 0 Å². The molecule has 0 saturated carbocycles. The number of aliphatic carboxylic acids is 1. The summed E-state index contributed by atoms with van der Waals surface area (Å²) in [5.41, 5.74) is -0.898. The van der Waals surface area contributed by atoms with Gasteiger partial charge in [-0.05, 0) is 51.7 Å². The lowest BCUT2D eigenvalue weighted by molar-refractivity contribution is -0.181. The third kappa shape index (κ3) is 6.74. The number of hydrogen-bond donors (Lipinski definition) is 3. The highest BCUT2D eigenvalue weighted by atomic mass is 32.1. The normalized spacial score (nSPS) is 19.2. The molecular weight excluding hydrogens is 544 g/mol. The number of likely N-dealkylation sites (tertiary alicyclic amines) is 1. The molecule has 1 aliphatic heterocycles. The van der Waals surface area contributed by atoms with Gasteiger partial charge in [-0.25, -0.2) is 24.3 Å². The van der Waals surface area contributed by atoms with Crippen LogP contribution in [0.5, 0.6) is 0 Å². The van der Waals surface area contributed by atoms with Crippen molar-refractivity contribution in [2.24, 2.45) is 5.92 Å². The van der Waals surface area contributed by atoms with Crippen molar-refractivity contribution in [3.05, 3.63) is 82.9 Å². The Labute approximate surface area is 242 Å². The Kier molecular flexibility index (Phi) is 8.77. The fourth-order valence-corrected chi connectivity index (χ4v) is 5.77. The Morgan fingerprint density at radius 2 is 1.73 bits per heavy atom. The van der Waals surface area contributed by atoms with E-state index >= 15 is 0 Å². The molecule has 4 rings (SSSR count). The van der Waals surface area contributed by atoms with Gasteiger partial charge in [0, 0.05) is 17.5 Å². The number of carbonyl (C=O) groups is 4. The number of β-lactam (4-membered cyclic amide) rings is 1. The first-order valence-electron chi connectivity index (χ1n) is 13.3. The Morgan fingerprint density at radius 3 is 2.34 bits per heavy atom. The van der Waals surface area contributed by atoms with Crippen LogP contribution in [0, 0.1) is 5.92 Å². The number of aryl methyl sites for hydroxylation is 1. The van der Waals surface area contributed by atoms with Gasteiger partial charge in [0.15, 0.2) is 10.7 Å². The Balaban J connectivity index is 1.53. The number of rotatable bonds is 9. The summed E-state index contributed by atoms with van der Waals surface area (Å²) in [4.78, 5) is 57.7. The lowest BCUT2D eigenvalue weighted by atomic mass is 9.67. The van der Waals surface area contributed by atoms with Crippen LogP contribution in [0.15, 0.2) is 66.9 Å². The van der Waals surface area contributed by atoms with Crippen molar-refractivity contribution < 1.29 is 29.0 Å². The number of anilines is 1. The van der Waals surface area contributed by atoms with Gasteiger partial charge in [-0.3, -0.25) is 10.1 Å². The molecule has 1 aliphatic rings. The van der Waals surface area contributed by atoms with Crippen LogP contribution >= 0.6 is 11.3 Å². The van der Waals surface area contributed by atoms with E-state index in [0.717, 1.165) is 15.3 Å². The highest BCUT2D eigenvalue weighted by molar-refractivity contribution is 7.15. The molecular formula is C30H34N4O6S. The maximum absolute atomic E-state index is 13.5. The van der Waals surface area contributed by atoms with Crippen molar-refractivity contribution in [3.8, 4) is 0 Å². The Bertz CT molecular complexity index is 1410. The fourth-order valence-electron chi connectivity index (χ4n) is 4.95. The summed E-state index contributed by atoms with van der Waals surface area (Å²) in [6, 6.07) is 17.0. The second-order valence-electron chi connectivity index (χ2n) is 11.0. The molecule has 41 heavy (non-hydrogen) atoms. The summed E-state index contributed by atoms with van der Waals surface area (Å²) in [7, 11) is 0. The van der Waals surface area contributed by atoms with Gasteiger partial charge in [0.1, 0.15) is 5.60 Å². The van der Waals surface area contributed by atoms with E-state index in [0.29, 0.717) is 17.1 Å². The summed E-state index contributed by atoms with van der Waals surface area (Å²) in [5, 5.41) is 16.3. The van der Waals surface area contributed by atoms with Crippen LogP contribution in [0.2, 0.25) is 0 Å². The molecule has 3 N–H and O–H groups in total. The van der Waals surface area contributed by atoms with Crippen LogP contribution in [0.1, 0.15) is 56.2 Å². The van der Waals surface area contributed by atoms with Crippen LogP contribution in [0.4, 0.5) is 14.7 Å². The standard InChI is InChI=1S/C30H34N4O6S/c1-19(21-13-9-6-10-14-21)32-27(38)34-24(35)23(30(34,25(36)37)17-20-11-7-5-8-12-20)16-15-22-18-31-26(41-22)33-28(39)40-29(2,3)4/h5-14,18-19,23H,15-17H2,1-4H3,(H,32,38)(H,36,37)(H,31,33,39)/t19-,23+,30+/m1/s1. The second kappa shape index (κ2) is 12.1. The van der Waals surface area contributed by atoms with Gasteiger partial charge in [-0.15, -0.1) is 11.3 Å². The number of ether oxygens (including phenoxy) is 1. The second-order valence-corrected chi connectivity index (χ2v) is 12.1. The Hall–Kier alpha value is -4.25. The molecule has 0 radical (unpaired) electrons. The van der Waals surface area contributed by atoms with Crippen molar-refractivity contribution in [2.75, 3.05) is 5.32 Å². The van der Waals surface area contributed by atoms with Gasteiger partial charge in [-0.1, -0.05) is 60.7 Å². The lowest BCUT2D eigenvalue weighted by Crippen LogP contribution is -2.78.